The Labute approximate surface area is 216 Å². The number of carbonyl (C=O) groups is 3. The van der Waals surface area contributed by atoms with Gasteiger partial charge in [0.1, 0.15) is 0 Å². The van der Waals surface area contributed by atoms with Crippen molar-refractivity contribution in [2.24, 2.45) is 5.73 Å². The van der Waals surface area contributed by atoms with Crippen LogP contribution in [0.1, 0.15) is 63.6 Å². The van der Waals surface area contributed by atoms with E-state index in [0.29, 0.717) is 13.0 Å². The molecule has 0 aliphatic heterocycles. The lowest BCUT2D eigenvalue weighted by Gasteiger charge is -2.19. The molecule has 0 aromatic heterocycles. The summed E-state index contributed by atoms with van der Waals surface area (Å²) in [6.07, 6.45) is 5.86. The maximum Gasteiger partial charge on any atom is 0.217 e. The van der Waals surface area contributed by atoms with Gasteiger partial charge in [-0.15, -0.1) is 0 Å². The topological polar surface area (TPSA) is 101 Å². The largest absolute Gasteiger partial charge is 0.372 e. The molecular formula is C30H41N3O3. The third-order valence-electron chi connectivity index (χ3n) is 5.11. The SMILES string of the molecule is C/C=C/CCNC=O.CC.CC(=O)NCc1ccccc1C(C)c1cccc2ccccc12.NC=O. The maximum absolute atomic E-state index is 11.2. The van der Waals surface area contributed by atoms with Gasteiger partial charge < -0.3 is 16.4 Å². The molecule has 0 spiro atoms. The zero-order valence-corrected chi connectivity index (χ0v) is 22.2. The molecule has 0 aliphatic carbocycles. The van der Waals surface area contributed by atoms with Gasteiger partial charge in [-0.25, -0.2) is 0 Å². The number of rotatable bonds is 8. The van der Waals surface area contributed by atoms with Crippen molar-refractivity contribution in [1.82, 2.24) is 10.6 Å². The van der Waals surface area contributed by atoms with Crippen LogP contribution < -0.4 is 16.4 Å². The molecule has 0 saturated heterocycles. The summed E-state index contributed by atoms with van der Waals surface area (Å²) < 4.78 is 0. The lowest BCUT2D eigenvalue weighted by molar-refractivity contribution is -0.119. The van der Waals surface area contributed by atoms with Gasteiger partial charge in [-0.3, -0.25) is 14.4 Å². The van der Waals surface area contributed by atoms with Crippen molar-refractivity contribution in [3.63, 3.8) is 0 Å². The summed E-state index contributed by atoms with van der Waals surface area (Å²) in [5.74, 6) is 0.267. The Bertz CT molecular complexity index is 1060. The molecular weight excluding hydrogens is 450 g/mol. The van der Waals surface area contributed by atoms with Gasteiger partial charge in [-0.2, -0.15) is 0 Å². The Morgan fingerprint density at radius 3 is 2.17 bits per heavy atom. The molecule has 194 valence electrons. The standard InChI is InChI=1S/C21H21NO.C6H11NO.C2H6.CH3NO/c1-15(19-11-5-4-9-18(19)14-22-16(2)23)20-13-7-10-17-8-3-6-12-21(17)20;1-2-3-4-5-7-6-8;1-2;2-1-3/h3-13,15H,14H2,1-2H3,(H,22,23);2-3,6H,4-5H2,1H3,(H,7,8);1-2H3;1H,(H2,2,3)/b;3-2+;;. The minimum Gasteiger partial charge on any atom is -0.372 e. The van der Waals surface area contributed by atoms with E-state index in [9.17, 15) is 9.59 Å². The van der Waals surface area contributed by atoms with E-state index in [0.717, 1.165) is 13.0 Å². The van der Waals surface area contributed by atoms with Crippen molar-refractivity contribution in [3.05, 3.63) is 95.6 Å². The summed E-state index contributed by atoms with van der Waals surface area (Å²) in [6, 6.07) is 23.3. The normalized spacial score (nSPS) is 10.4. The highest BCUT2D eigenvalue weighted by Crippen LogP contribution is 2.32. The zero-order valence-electron chi connectivity index (χ0n) is 22.2. The first-order valence-electron chi connectivity index (χ1n) is 12.2. The van der Waals surface area contributed by atoms with Crippen molar-refractivity contribution in [3.8, 4) is 0 Å². The summed E-state index contributed by atoms with van der Waals surface area (Å²) in [5.41, 5.74) is 7.92. The van der Waals surface area contributed by atoms with Gasteiger partial charge in [0.15, 0.2) is 0 Å². The van der Waals surface area contributed by atoms with Gasteiger partial charge in [-0.05, 0) is 40.8 Å². The number of nitrogens with two attached hydrogens (primary N) is 1. The van der Waals surface area contributed by atoms with Crippen LogP contribution in [0.15, 0.2) is 78.9 Å². The molecule has 3 aromatic carbocycles. The number of amides is 3. The molecule has 1 atom stereocenters. The maximum atomic E-state index is 11.2. The van der Waals surface area contributed by atoms with Gasteiger partial charge in [-0.1, -0.05) is 99.7 Å². The Balaban J connectivity index is 0.000000792. The Morgan fingerprint density at radius 2 is 1.53 bits per heavy atom. The molecule has 0 bridgehead atoms. The first kappa shape index (κ1) is 32.1. The molecule has 3 aromatic rings. The predicted octanol–water partition coefficient (Wildman–Crippen LogP) is 5.45. The molecule has 0 saturated carbocycles. The smallest absolute Gasteiger partial charge is 0.217 e. The molecule has 0 aliphatic rings. The van der Waals surface area contributed by atoms with Crippen LogP contribution in [-0.4, -0.2) is 25.3 Å². The van der Waals surface area contributed by atoms with Crippen molar-refractivity contribution in [2.45, 2.75) is 53.5 Å². The van der Waals surface area contributed by atoms with Crippen molar-refractivity contribution < 1.29 is 14.4 Å². The van der Waals surface area contributed by atoms with Crippen LogP contribution in [0.3, 0.4) is 0 Å². The number of fused-ring (bicyclic) bond motifs is 1. The molecule has 4 N–H and O–H groups in total. The first-order valence-corrected chi connectivity index (χ1v) is 12.2. The number of hydrogen-bond donors (Lipinski definition) is 3. The number of benzene rings is 3. The Hall–Kier alpha value is -3.93. The first-order chi connectivity index (χ1) is 17.5. The lowest BCUT2D eigenvalue weighted by Crippen LogP contribution is -2.20. The van der Waals surface area contributed by atoms with E-state index in [1.54, 1.807) is 6.92 Å². The Kier molecular flexibility index (Phi) is 18.2. The summed E-state index contributed by atoms with van der Waals surface area (Å²) in [5, 5.41) is 8.01. The van der Waals surface area contributed by atoms with Crippen LogP contribution in [0.2, 0.25) is 0 Å². The van der Waals surface area contributed by atoms with Gasteiger partial charge >= 0.3 is 0 Å². The molecule has 6 nitrogen and oxygen atoms in total. The molecule has 1 unspecified atom stereocenters. The molecule has 3 amide bonds. The summed E-state index contributed by atoms with van der Waals surface area (Å²) in [4.78, 5) is 29.4. The number of carbonyl (C=O) groups excluding carboxylic acids is 3. The van der Waals surface area contributed by atoms with Crippen LogP contribution in [0.4, 0.5) is 0 Å². The highest BCUT2D eigenvalue weighted by molar-refractivity contribution is 5.86. The second-order valence-electron chi connectivity index (χ2n) is 7.46. The summed E-state index contributed by atoms with van der Waals surface area (Å²) >= 11 is 0. The average Bonchev–Trinajstić information content (AvgIpc) is 2.91. The fourth-order valence-electron chi connectivity index (χ4n) is 3.53. The average molecular weight is 492 g/mol. The summed E-state index contributed by atoms with van der Waals surface area (Å²) in [7, 11) is 0. The third-order valence-corrected chi connectivity index (χ3v) is 5.11. The molecule has 0 fully saturated rings. The van der Waals surface area contributed by atoms with E-state index < -0.39 is 0 Å². The van der Waals surface area contributed by atoms with Crippen molar-refractivity contribution in [1.29, 1.82) is 0 Å². The van der Waals surface area contributed by atoms with Crippen LogP contribution in [0, 0.1) is 0 Å². The lowest BCUT2D eigenvalue weighted by atomic mass is 9.87. The minimum atomic E-state index is -0.00221. The fourth-order valence-corrected chi connectivity index (χ4v) is 3.53. The number of hydrogen-bond acceptors (Lipinski definition) is 3. The number of primary amides is 1. The Morgan fingerprint density at radius 1 is 0.944 bits per heavy atom. The molecule has 0 radical (unpaired) electrons. The third kappa shape index (κ3) is 12.0. The van der Waals surface area contributed by atoms with Gasteiger partial charge in [0.25, 0.3) is 0 Å². The fraction of sp³-hybridized carbons (Fsp3) is 0.300. The summed E-state index contributed by atoms with van der Waals surface area (Å²) in [6.45, 7) is 11.1. The quantitative estimate of drug-likeness (QED) is 0.222. The van der Waals surface area contributed by atoms with Crippen LogP contribution >= 0.6 is 0 Å². The molecule has 0 heterocycles. The predicted molar refractivity (Wildman–Crippen MR) is 151 cm³/mol. The van der Waals surface area contributed by atoms with Crippen LogP contribution in [-0.2, 0) is 20.9 Å². The number of allylic oxidation sites excluding steroid dienone is 1. The van der Waals surface area contributed by atoms with Crippen LogP contribution in [0.25, 0.3) is 10.8 Å². The van der Waals surface area contributed by atoms with Gasteiger partial charge in [0.05, 0.1) is 0 Å². The monoisotopic (exact) mass is 491 g/mol. The van der Waals surface area contributed by atoms with E-state index in [1.165, 1.54) is 27.5 Å². The van der Waals surface area contributed by atoms with E-state index in [-0.39, 0.29) is 18.2 Å². The highest BCUT2D eigenvalue weighted by Gasteiger charge is 2.14. The second kappa shape index (κ2) is 20.4. The van der Waals surface area contributed by atoms with E-state index >= 15 is 0 Å². The second-order valence-corrected chi connectivity index (χ2v) is 7.46. The van der Waals surface area contributed by atoms with E-state index in [2.05, 4.69) is 84.0 Å². The van der Waals surface area contributed by atoms with Gasteiger partial charge in [0.2, 0.25) is 18.7 Å². The highest BCUT2D eigenvalue weighted by atomic mass is 16.1. The van der Waals surface area contributed by atoms with Gasteiger partial charge in [0, 0.05) is 25.9 Å². The van der Waals surface area contributed by atoms with Crippen molar-refractivity contribution in [2.75, 3.05) is 6.54 Å². The van der Waals surface area contributed by atoms with Crippen LogP contribution in [0.5, 0.6) is 0 Å². The molecule has 36 heavy (non-hydrogen) atoms. The van der Waals surface area contributed by atoms with E-state index in [1.807, 2.05) is 39.0 Å². The van der Waals surface area contributed by atoms with E-state index in [4.69, 9.17) is 4.79 Å². The zero-order chi connectivity index (χ0) is 27.2. The minimum absolute atomic E-state index is 0.00221. The van der Waals surface area contributed by atoms with Crippen molar-refractivity contribution >= 4 is 29.5 Å². The molecule has 3 rings (SSSR count). The number of nitrogens with one attached hydrogen (secondary N) is 2. The molecule has 6 heteroatoms.